The normalized spacial score (nSPS) is 10.6. The fourth-order valence-electron chi connectivity index (χ4n) is 1.99. The average molecular weight is 293 g/mol. The van der Waals surface area contributed by atoms with Crippen molar-refractivity contribution in [3.8, 4) is 0 Å². The molecule has 106 valence electrons. The third-order valence-corrected chi connectivity index (χ3v) is 3.59. The Bertz CT molecular complexity index is 585. The summed E-state index contributed by atoms with van der Waals surface area (Å²) in [6.45, 7) is 4.21. The Morgan fingerprint density at radius 2 is 1.95 bits per heavy atom. The minimum absolute atomic E-state index is 0.0360. The van der Waals surface area contributed by atoms with Crippen LogP contribution in [0.15, 0.2) is 28.8 Å². The summed E-state index contributed by atoms with van der Waals surface area (Å²) in [6.07, 6.45) is 0. The molecule has 2 rings (SSSR count). The van der Waals surface area contributed by atoms with E-state index in [1.807, 2.05) is 26.0 Å². The standard InChI is InChI=1S/C15H17ClN2O2/c1-10-14(11(2)20-17-10)9-18(3)15(19)13-6-4-12(8-16)5-7-13/h4-7H,8-9H2,1-3H3. The van der Waals surface area contributed by atoms with Gasteiger partial charge in [-0.2, -0.15) is 0 Å². The molecule has 0 unspecified atom stereocenters. The van der Waals surface area contributed by atoms with Gasteiger partial charge in [-0.3, -0.25) is 4.79 Å². The molecule has 20 heavy (non-hydrogen) atoms. The van der Waals surface area contributed by atoms with E-state index in [2.05, 4.69) is 5.16 Å². The molecule has 0 radical (unpaired) electrons. The lowest BCUT2D eigenvalue weighted by atomic mass is 10.1. The van der Waals surface area contributed by atoms with Gasteiger partial charge in [0.2, 0.25) is 0 Å². The molecule has 1 amide bonds. The highest BCUT2D eigenvalue weighted by Gasteiger charge is 2.16. The number of hydrogen-bond acceptors (Lipinski definition) is 3. The second-order valence-electron chi connectivity index (χ2n) is 4.79. The number of aryl methyl sites for hydroxylation is 2. The Hall–Kier alpha value is -1.81. The third kappa shape index (κ3) is 3.02. The van der Waals surface area contributed by atoms with Crippen molar-refractivity contribution in [1.82, 2.24) is 10.1 Å². The van der Waals surface area contributed by atoms with Gasteiger partial charge in [0, 0.05) is 24.1 Å². The topological polar surface area (TPSA) is 46.3 Å². The summed E-state index contributed by atoms with van der Waals surface area (Å²) >= 11 is 5.74. The maximum Gasteiger partial charge on any atom is 0.253 e. The highest BCUT2D eigenvalue weighted by atomic mass is 35.5. The molecule has 5 heteroatoms. The first-order valence-electron chi connectivity index (χ1n) is 6.35. The van der Waals surface area contributed by atoms with Crippen LogP contribution in [-0.4, -0.2) is 23.0 Å². The van der Waals surface area contributed by atoms with Crippen molar-refractivity contribution >= 4 is 17.5 Å². The summed E-state index contributed by atoms with van der Waals surface area (Å²) in [4.78, 5) is 14.0. The number of alkyl halides is 1. The quantitative estimate of drug-likeness (QED) is 0.812. The average Bonchev–Trinajstić information content (AvgIpc) is 2.78. The van der Waals surface area contributed by atoms with Crippen molar-refractivity contribution in [1.29, 1.82) is 0 Å². The van der Waals surface area contributed by atoms with Crippen molar-refractivity contribution in [3.63, 3.8) is 0 Å². The number of aromatic nitrogens is 1. The summed E-state index contributed by atoms with van der Waals surface area (Å²) in [7, 11) is 1.77. The Kier molecular flexibility index (Phi) is 4.45. The van der Waals surface area contributed by atoms with Crippen LogP contribution in [0, 0.1) is 13.8 Å². The monoisotopic (exact) mass is 292 g/mol. The summed E-state index contributed by atoms with van der Waals surface area (Å²) in [5, 5.41) is 3.90. The zero-order valence-electron chi connectivity index (χ0n) is 11.8. The number of nitrogens with zero attached hydrogens (tertiary/aromatic N) is 2. The lowest BCUT2D eigenvalue weighted by Crippen LogP contribution is -2.26. The predicted molar refractivity (Wildman–Crippen MR) is 77.8 cm³/mol. The highest BCUT2D eigenvalue weighted by Crippen LogP contribution is 2.16. The van der Waals surface area contributed by atoms with Gasteiger partial charge in [0.25, 0.3) is 5.91 Å². The number of carbonyl (C=O) groups excluding carboxylic acids is 1. The predicted octanol–water partition coefficient (Wildman–Crippen LogP) is 3.30. The van der Waals surface area contributed by atoms with E-state index in [-0.39, 0.29) is 5.91 Å². The molecule has 1 heterocycles. The van der Waals surface area contributed by atoms with Gasteiger partial charge >= 0.3 is 0 Å². The van der Waals surface area contributed by atoms with Gasteiger partial charge in [-0.15, -0.1) is 11.6 Å². The first kappa shape index (κ1) is 14.6. The van der Waals surface area contributed by atoms with Gasteiger partial charge in [0.15, 0.2) is 0 Å². The van der Waals surface area contributed by atoms with Crippen LogP contribution in [-0.2, 0) is 12.4 Å². The van der Waals surface area contributed by atoms with E-state index in [4.69, 9.17) is 16.1 Å². The Labute approximate surface area is 123 Å². The Morgan fingerprint density at radius 3 is 2.45 bits per heavy atom. The largest absolute Gasteiger partial charge is 0.361 e. The van der Waals surface area contributed by atoms with E-state index in [1.165, 1.54) is 0 Å². The van der Waals surface area contributed by atoms with Crippen molar-refractivity contribution in [2.75, 3.05) is 7.05 Å². The first-order valence-corrected chi connectivity index (χ1v) is 6.88. The smallest absolute Gasteiger partial charge is 0.253 e. The summed E-state index contributed by atoms with van der Waals surface area (Å²) in [5.41, 5.74) is 3.42. The second kappa shape index (κ2) is 6.09. The van der Waals surface area contributed by atoms with E-state index < -0.39 is 0 Å². The van der Waals surface area contributed by atoms with Crippen molar-refractivity contribution in [2.24, 2.45) is 0 Å². The van der Waals surface area contributed by atoms with Crippen LogP contribution in [0.1, 0.15) is 32.9 Å². The van der Waals surface area contributed by atoms with Crippen LogP contribution in [0.5, 0.6) is 0 Å². The molecule has 0 saturated heterocycles. The number of benzene rings is 1. The molecule has 0 atom stereocenters. The van der Waals surface area contributed by atoms with Gasteiger partial charge in [-0.1, -0.05) is 17.3 Å². The molecule has 4 nitrogen and oxygen atoms in total. The first-order chi connectivity index (χ1) is 9.52. The molecule has 1 aromatic heterocycles. The number of amides is 1. The Morgan fingerprint density at radius 1 is 1.30 bits per heavy atom. The molecule has 0 fully saturated rings. The molecule has 0 N–H and O–H groups in total. The van der Waals surface area contributed by atoms with Crippen molar-refractivity contribution < 1.29 is 9.32 Å². The van der Waals surface area contributed by atoms with E-state index in [0.717, 1.165) is 22.6 Å². The maximum absolute atomic E-state index is 12.3. The van der Waals surface area contributed by atoms with Crippen LogP contribution < -0.4 is 0 Å². The van der Waals surface area contributed by atoms with Crippen LogP contribution >= 0.6 is 11.6 Å². The van der Waals surface area contributed by atoms with E-state index in [0.29, 0.717) is 18.0 Å². The summed E-state index contributed by atoms with van der Waals surface area (Å²) in [5.74, 6) is 1.16. The molecule has 0 spiro atoms. The molecule has 0 bridgehead atoms. The molecule has 0 aliphatic rings. The minimum atomic E-state index is -0.0360. The van der Waals surface area contributed by atoms with Crippen LogP contribution in [0.3, 0.4) is 0 Å². The molecule has 0 saturated carbocycles. The lowest BCUT2D eigenvalue weighted by Gasteiger charge is -2.17. The van der Waals surface area contributed by atoms with Gasteiger partial charge in [0.05, 0.1) is 12.2 Å². The summed E-state index contributed by atoms with van der Waals surface area (Å²) in [6, 6.07) is 7.32. The van der Waals surface area contributed by atoms with Crippen LogP contribution in [0.4, 0.5) is 0 Å². The minimum Gasteiger partial charge on any atom is -0.361 e. The Balaban J connectivity index is 2.12. The van der Waals surface area contributed by atoms with Gasteiger partial charge in [0.1, 0.15) is 5.76 Å². The molecular weight excluding hydrogens is 276 g/mol. The van der Waals surface area contributed by atoms with Crippen molar-refractivity contribution in [2.45, 2.75) is 26.3 Å². The van der Waals surface area contributed by atoms with Crippen LogP contribution in [0.25, 0.3) is 0 Å². The SMILES string of the molecule is Cc1noc(C)c1CN(C)C(=O)c1ccc(CCl)cc1. The molecule has 0 aliphatic heterocycles. The highest BCUT2D eigenvalue weighted by molar-refractivity contribution is 6.17. The number of rotatable bonds is 4. The van der Waals surface area contributed by atoms with Crippen LogP contribution in [0.2, 0.25) is 0 Å². The second-order valence-corrected chi connectivity index (χ2v) is 5.06. The van der Waals surface area contributed by atoms with Gasteiger partial charge in [-0.05, 0) is 31.5 Å². The van der Waals surface area contributed by atoms with Gasteiger partial charge < -0.3 is 9.42 Å². The molecule has 0 aliphatic carbocycles. The fraction of sp³-hybridized carbons (Fsp3) is 0.333. The lowest BCUT2D eigenvalue weighted by molar-refractivity contribution is 0.0784. The number of hydrogen-bond donors (Lipinski definition) is 0. The van der Waals surface area contributed by atoms with E-state index in [1.54, 1.807) is 24.1 Å². The van der Waals surface area contributed by atoms with Gasteiger partial charge in [-0.25, -0.2) is 0 Å². The molecular formula is C15H17ClN2O2. The zero-order chi connectivity index (χ0) is 14.7. The molecule has 2 aromatic rings. The van der Waals surface area contributed by atoms with E-state index in [9.17, 15) is 4.79 Å². The molecule has 1 aromatic carbocycles. The number of halogens is 1. The maximum atomic E-state index is 12.3. The fourth-order valence-corrected chi connectivity index (χ4v) is 2.17. The number of carbonyl (C=O) groups is 1. The van der Waals surface area contributed by atoms with E-state index >= 15 is 0 Å². The zero-order valence-corrected chi connectivity index (χ0v) is 12.6. The third-order valence-electron chi connectivity index (χ3n) is 3.28. The van der Waals surface area contributed by atoms with Crippen molar-refractivity contribution in [3.05, 3.63) is 52.4 Å². The summed E-state index contributed by atoms with van der Waals surface area (Å²) < 4.78 is 5.11.